The van der Waals surface area contributed by atoms with Crippen LogP contribution in [0.1, 0.15) is 67.2 Å². The first-order chi connectivity index (χ1) is 21.6. The van der Waals surface area contributed by atoms with E-state index in [9.17, 15) is 0 Å². The van der Waals surface area contributed by atoms with Crippen LogP contribution in [0, 0.1) is 26.8 Å². The van der Waals surface area contributed by atoms with Crippen molar-refractivity contribution in [1.29, 1.82) is 0 Å². The number of pyridine rings is 2. The fraction of sp³-hybridized carbons (Fsp3) is 0.268. The number of para-hydroxylation sites is 1. The average Bonchev–Trinajstić information content (AvgIpc) is 3.53. The standard InChI is InChI=1S/C21H20N2.C20H17N2.Ir/c1-12-9-10-16-19-18(12)14-7-5-6-8-15(14)20-22-13(2)17(23(19)20)11-21(16,3)4;1-12-17-11-20(2,3)16-10-6-9-14-13-7-4-5-8-15(13)19(21-12)22(17)18(14)16;/h5-10H,11H2,1-4H3;4-7,9-10H,11H2,1-3H3;/q;-1;. The molecule has 0 spiro atoms. The summed E-state index contributed by atoms with van der Waals surface area (Å²) >= 11 is 0. The van der Waals surface area contributed by atoms with Crippen molar-refractivity contribution in [2.75, 3.05) is 0 Å². The predicted octanol–water partition coefficient (Wildman–Crippen LogP) is 9.67. The van der Waals surface area contributed by atoms with Crippen molar-refractivity contribution in [3.8, 4) is 0 Å². The molecule has 5 heteroatoms. The van der Waals surface area contributed by atoms with E-state index >= 15 is 0 Å². The second kappa shape index (κ2) is 9.73. The SMILES string of the molecule is Cc1nc2c3[c-]cccc3c3cccc4c3n2c1CC4(C)C.Cc1nc2c3ccccc3c3c(C)ccc4c3n2c1CC4(C)C.[Ir]. The third-order valence-corrected chi connectivity index (χ3v) is 10.7. The smallest absolute Gasteiger partial charge is 0.145 e. The Bertz CT molecular complexity index is 2580. The maximum atomic E-state index is 4.95. The van der Waals surface area contributed by atoms with Gasteiger partial charge in [0.2, 0.25) is 0 Å². The zero-order valence-corrected chi connectivity index (χ0v) is 29.9. The second-order valence-corrected chi connectivity index (χ2v) is 14.6. The summed E-state index contributed by atoms with van der Waals surface area (Å²) in [6, 6.07) is 29.7. The van der Waals surface area contributed by atoms with Crippen molar-refractivity contribution in [2.45, 2.75) is 72.1 Å². The van der Waals surface area contributed by atoms with E-state index in [0.717, 1.165) is 35.2 Å². The molecule has 2 aliphatic rings. The summed E-state index contributed by atoms with van der Waals surface area (Å²) in [6.07, 6.45) is 2.08. The maximum Gasteiger partial charge on any atom is 0.145 e. The molecule has 0 unspecified atom stereocenters. The number of imidazole rings is 2. The van der Waals surface area contributed by atoms with Crippen LogP contribution >= 0.6 is 0 Å². The second-order valence-electron chi connectivity index (χ2n) is 14.6. The normalized spacial score (nSPS) is 15.7. The molecule has 46 heavy (non-hydrogen) atoms. The molecule has 6 heterocycles. The molecule has 0 saturated heterocycles. The van der Waals surface area contributed by atoms with Gasteiger partial charge in [-0.2, -0.15) is 0 Å². The van der Waals surface area contributed by atoms with Gasteiger partial charge < -0.3 is 4.40 Å². The molecular weight excluding hydrogens is 741 g/mol. The average molecular weight is 778 g/mol. The van der Waals surface area contributed by atoms with E-state index < -0.39 is 0 Å². The molecule has 4 aromatic carbocycles. The van der Waals surface area contributed by atoms with E-state index in [1.165, 1.54) is 71.7 Å². The van der Waals surface area contributed by atoms with Gasteiger partial charge in [0, 0.05) is 53.5 Å². The van der Waals surface area contributed by atoms with Crippen LogP contribution in [-0.2, 0) is 43.8 Å². The fourth-order valence-electron chi connectivity index (χ4n) is 8.50. The predicted molar refractivity (Wildman–Crippen MR) is 187 cm³/mol. The Hall–Kier alpha value is -4.05. The Morgan fingerprint density at radius 3 is 1.91 bits per heavy atom. The van der Waals surface area contributed by atoms with Gasteiger partial charge in [-0.1, -0.05) is 87.7 Å². The molecule has 0 atom stereocenters. The number of aryl methyl sites for hydroxylation is 3. The summed E-state index contributed by atoms with van der Waals surface area (Å²) in [5.41, 5.74) is 14.4. The molecule has 231 valence electrons. The minimum atomic E-state index is 0. The summed E-state index contributed by atoms with van der Waals surface area (Å²) in [5, 5.41) is 7.65. The van der Waals surface area contributed by atoms with Crippen molar-refractivity contribution < 1.29 is 20.1 Å². The molecular formula is C41H37IrN4-. The van der Waals surface area contributed by atoms with E-state index in [-0.39, 0.29) is 30.9 Å². The Kier molecular flexibility index (Phi) is 6.21. The van der Waals surface area contributed by atoms with Crippen molar-refractivity contribution in [2.24, 2.45) is 0 Å². The van der Waals surface area contributed by atoms with Crippen LogP contribution in [-0.4, -0.2) is 18.8 Å². The van der Waals surface area contributed by atoms with Crippen LogP contribution in [0.2, 0.25) is 0 Å². The first-order valence-electron chi connectivity index (χ1n) is 16.1. The maximum absolute atomic E-state index is 4.95. The number of benzene rings is 4. The molecule has 0 aliphatic carbocycles. The van der Waals surface area contributed by atoms with Gasteiger partial charge in [-0.15, -0.1) is 29.7 Å². The summed E-state index contributed by atoms with van der Waals surface area (Å²) < 4.78 is 4.81. The van der Waals surface area contributed by atoms with Gasteiger partial charge in [-0.3, -0.25) is 9.38 Å². The van der Waals surface area contributed by atoms with E-state index in [4.69, 9.17) is 9.97 Å². The zero-order chi connectivity index (χ0) is 31.0. The number of fused-ring (bicyclic) bond motifs is 6. The van der Waals surface area contributed by atoms with Gasteiger partial charge in [0.25, 0.3) is 0 Å². The number of hydrogen-bond acceptors (Lipinski definition) is 2. The van der Waals surface area contributed by atoms with Crippen molar-refractivity contribution >= 4 is 54.6 Å². The largest absolute Gasteiger partial charge is 0.337 e. The topological polar surface area (TPSA) is 34.6 Å². The van der Waals surface area contributed by atoms with E-state index in [1.807, 2.05) is 6.07 Å². The molecule has 1 radical (unpaired) electrons. The molecule has 8 aromatic rings. The van der Waals surface area contributed by atoms with Crippen LogP contribution in [0.25, 0.3) is 54.6 Å². The van der Waals surface area contributed by atoms with Crippen LogP contribution in [0.3, 0.4) is 0 Å². The molecule has 0 N–H and O–H groups in total. The van der Waals surface area contributed by atoms with Crippen molar-refractivity contribution in [3.63, 3.8) is 0 Å². The molecule has 0 saturated carbocycles. The monoisotopic (exact) mass is 778 g/mol. The first-order valence-corrected chi connectivity index (χ1v) is 16.1. The first kappa shape index (κ1) is 29.4. The number of hydrogen-bond donors (Lipinski definition) is 0. The summed E-state index contributed by atoms with van der Waals surface area (Å²) in [7, 11) is 0. The molecule has 0 fully saturated rings. The minimum absolute atomic E-state index is 0. The van der Waals surface area contributed by atoms with Gasteiger partial charge in [-0.05, 0) is 71.9 Å². The van der Waals surface area contributed by atoms with Crippen LogP contribution in [0.4, 0.5) is 0 Å². The van der Waals surface area contributed by atoms with Gasteiger partial charge in [0.05, 0.1) is 16.9 Å². The summed E-state index contributed by atoms with van der Waals surface area (Å²) in [5.74, 6) is 0. The van der Waals surface area contributed by atoms with Gasteiger partial charge in [-0.25, -0.2) is 4.98 Å². The zero-order valence-electron chi connectivity index (χ0n) is 27.5. The van der Waals surface area contributed by atoms with Crippen LogP contribution < -0.4 is 0 Å². The minimum Gasteiger partial charge on any atom is -0.337 e. The summed E-state index contributed by atoms with van der Waals surface area (Å²) in [4.78, 5) is 9.85. The van der Waals surface area contributed by atoms with Crippen LogP contribution in [0.5, 0.6) is 0 Å². The van der Waals surface area contributed by atoms with E-state index in [1.54, 1.807) is 0 Å². The van der Waals surface area contributed by atoms with E-state index in [2.05, 4.69) is 130 Å². The molecule has 0 bridgehead atoms. The van der Waals surface area contributed by atoms with E-state index in [0.29, 0.717) is 0 Å². The van der Waals surface area contributed by atoms with Gasteiger partial charge in [0.15, 0.2) is 0 Å². The third-order valence-electron chi connectivity index (χ3n) is 10.7. The Balaban J connectivity index is 0.000000133. The summed E-state index contributed by atoms with van der Waals surface area (Å²) in [6.45, 7) is 15.9. The molecule has 4 aromatic heterocycles. The molecule has 4 nitrogen and oxygen atoms in total. The Morgan fingerprint density at radius 2 is 1.20 bits per heavy atom. The molecule has 2 aliphatic heterocycles. The molecule has 0 amide bonds. The fourth-order valence-corrected chi connectivity index (χ4v) is 8.50. The third kappa shape index (κ3) is 3.76. The number of aromatic nitrogens is 4. The quantitative estimate of drug-likeness (QED) is 0.114. The number of rotatable bonds is 0. The number of nitrogens with zero attached hydrogens (tertiary/aromatic N) is 4. The van der Waals surface area contributed by atoms with Crippen molar-refractivity contribution in [1.82, 2.24) is 18.8 Å². The van der Waals surface area contributed by atoms with Crippen LogP contribution in [0.15, 0.2) is 72.8 Å². The van der Waals surface area contributed by atoms with Gasteiger partial charge >= 0.3 is 0 Å². The van der Waals surface area contributed by atoms with Gasteiger partial charge in [0.1, 0.15) is 5.65 Å². The molecule has 10 rings (SSSR count). The Morgan fingerprint density at radius 1 is 0.609 bits per heavy atom. The Labute approximate surface area is 282 Å². The van der Waals surface area contributed by atoms with Crippen molar-refractivity contribution in [3.05, 3.63) is 118 Å².